The Bertz CT molecular complexity index is 601. The third-order valence-corrected chi connectivity index (χ3v) is 3.87. The number of hydrogen-bond donors (Lipinski definition) is 1. The number of unbranched alkanes of at least 4 members (excludes halogenated alkanes) is 1. The molecule has 0 fully saturated rings. The predicted octanol–water partition coefficient (Wildman–Crippen LogP) is 3.41. The van der Waals surface area contributed by atoms with E-state index >= 15 is 0 Å². The van der Waals surface area contributed by atoms with Crippen molar-refractivity contribution in [2.24, 2.45) is 5.73 Å². The quantitative estimate of drug-likeness (QED) is 0.647. The highest BCUT2D eigenvalue weighted by Crippen LogP contribution is 2.18. The minimum Gasteiger partial charge on any atom is -0.492 e. The molecule has 0 aliphatic heterocycles. The highest BCUT2D eigenvalue weighted by Gasteiger charge is 2.10. The second-order valence-electron chi connectivity index (χ2n) is 6.22. The second kappa shape index (κ2) is 10.9. The molecule has 0 saturated carbocycles. The Kier molecular flexibility index (Phi) is 9.31. The van der Waals surface area contributed by atoms with Crippen LogP contribution in [0.15, 0.2) is 28.7 Å². The van der Waals surface area contributed by atoms with Crippen LogP contribution in [0.25, 0.3) is 0 Å². The molecule has 1 aromatic carbocycles. The van der Waals surface area contributed by atoms with Gasteiger partial charge in [-0.2, -0.15) is 0 Å². The third-order valence-electron chi connectivity index (χ3n) is 3.87. The van der Waals surface area contributed by atoms with E-state index in [1.807, 2.05) is 24.1 Å². The Morgan fingerprint density at radius 2 is 1.88 bits per heavy atom. The van der Waals surface area contributed by atoms with Crippen LogP contribution in [0.2, 0.25) is 0 Å². The van der Waals surface area contributed by atoms with Crippen LogP contribution in [0.3, 0.4) is 0 Å². The van der Waals surface area contributed by atoms with Crippen molar-refractivity contribution in [2.45, 2.75) is 39.0 Å². The van der Waals surface area contributed by atoms with Gasteiger partial charge < -0.3 is 19.8 Å². The number of nitrogens with two attached hydrogens (primary N) is 1. The number of aryl methyl sites for hydroxylation is 1. The number of nitrogens with zero attached hydrogens (tertiary/aromatic N) is 3. The minimum atomic E-state index is 0. The van der Waals surface area contributed by atoms with Crippen LogP contribution < -0.4 is 15.4 Å². The van der Waals surface area contributed by atoms with Gasteiger partial charge in [-0.05, 0) is 43.0 Å². The molecule has 2 N–H and O–H groups in total. The van der Waals surface area contributed by atoms with Gasteiger partial charge in [0, 0.05) is 13.5 Å². The number of aromatic nitrogens is 2. The van der Waals surface area contributed by atoms with Gasteiger partial charge in [-0.1, -0.05) is 31.1 Å². The summed E-state index contributed by atoms with van der Waals surface area (Å²) in [6, 6.07) is 8.76. The lowest BCUT2D eigenvalue weighted by atomic mass is 10.0. The number of rotatable bonds is 10. The highest BCUT2D eigenvalue weighted by molar-refractivity contribution is 5.85. The molecular weight excluding hydrogens is 340 g/mol. The number of ether oxygens (including phenoxy) is 1. The van der Waals surface area contributed by atoms with E-state index < -0.39 is 0 Å². The topological polar surface area (TPSA) is 77.4 Å². The van der Waals surface area contributed by atoms with Gasteiger partial charge in [-0.25, -0.2) is 0 Å². The van der Waals surface area contributed by atoms with E-state index in [0.29, 0.717) is 37.5 Å². The van der Waals surface area contributed by atoms with Gasteiger partial charge in [0.2, 0.25) is 5.89 Å². The van der Waals surface area contributed by atoms with Gasteiger partial charge in [0.05, 0.1) is 6.54 Å². The van der Waals surface area contributed by atoms with Gasteiger partial charge in [0.15, 0.2) is 0 Å². The Hall–Kier alpha value is -1.79. The summed E-state index contributed by atoms with van der Waals surface area (Å²) in [5, 5.41) is 8.14. The molecule has 140 valence electrons. The maximum absolute atomic E-state index is 5.77. The second-order valence-corrected chi connectivity index (χ2v) is 6.22. The SMILES string of the molecule is CC(C)c1ccc(OCCN(C)c2nnc(CCCCN)o2)cc1.Cl. The van der Waals surface area contributed by atoms with E-state index in [-0.39, 0.29) is 12.4 Å². The van der Waals surface area contributed by atoms with E-state index in [0.717, 1.165) is 25.0 Å². The standard InChI is InChI=1S/C18H28N4O2.ClH/c1-14(2)15-7-9-16(10-8-15)23-13-12-22(3)18-21-20-17(24-18)6-4-5-11-19;/h7-10,14H,4-6,11-13,19H2,1-3H3;1H. The zero-order chi connectivity index (χ0) is 17.4. The molecule has 1 aromatic heterocycles. The summed E-state index contributed by atoms with van der Waals surface area (Å²) in [5.74, 6) is 2.07. The number of halogens is 1. The molecule has 0 saturated heterocycles. The summed E-state index contributed by atoms with van der Waals surface area (Å²) in [4.78, 5) is 1.90. The van der Waals surface area contributed by atoms with Crippen LogP contribution in [-0.2, 0) is 6.42 Å². The molecule has 0 bridgehead atoms. The molecule has 25 heavy (non-hydrogen) atoms. The van der Waals surface area contributed by atoms with Crippen molar-refractivity contribution in [1.29, 1.82) is 0 Å². The molecule has 0 aliphatic rings. The van der Waals surface area contributed by atoms with Crippen molar-refractivity contribution in [1.82, 2.24) is 10.2 Å². The smallest absolute Gasteiger partial charge is 0.317 e. The maximum atomic E-state index is 5.77. The van der Waals surface area contributed by atoms with Crippen molar-refractivity contribution in [3.63, 3.8) is 0 Å². The van der Waals surface area contributed by atoms with E-state index in [2.05, 4.69) is 36.2 Å². The molecule has 6 nitrogen and oxygen atoms in total. The van der Waals surface area contributed by atoms with Crippen molar-refractivity contribution >= 4 is 18.4 Å². The average Bonchev–Trinajstić information content (AvgIpc) is 3.04. The van der Waals surface area contributed by atoms with Crippen molar-refractivity contribution in [3.8, 4) is 5.75 Å². The average molecular weight is 369 g/mol. The third kappa shape index (κ3) is 6.92. The van der Waals surface area contributed by atoms with Crippen molar-refractivity contribution < 1.29 is 9.15 Å². The maximum Gasteiger partial charge on any atom is 0.317 e. The molecule has 0 unspecified atom stereocenters. The molecule has 0 atom stereocenters. The Labute approximate surface area is 156 Å². The lowest BCUT2D eigenvalue weighted by Crippen LogP contribution is -2.24. The van der Waals surface area contributed by atoms with Gasteiger partial charge in [0.1, 0.15) is 12.4 Å². The number of hydrogen-bond acceptors (Lipinski definition) is 6. The number of benzene rings is 1. The largest absolute Gasteiger partial charge is 0.492 e. The van der Waals surface area contributed by atoms with E-state index in [4.69, 9.17) is 14.9 Å². The molecule has 2 rings (SSSR count). The highest BCUT2D eigenvalue weighted by atomic mass is 35.5. The first-order valence-electron chi connectivity index (χ1n) is 8.56. The van der Waals surface area contributed by atoms with E-state index in [1.165, 1.54) is 5.56 Å². The summed E-state index contributed by atoms with van der Waals surface area (Å²) in [6.45, 7) is 6.29. The van der Waals surface area contributed by atoms with Crippen LogP contribution in [0.5, 0.6) is 5.75 Å². The molecule has 0 aliphatic carbocycles. The first kappa shape index (κ1) is 21.3. The van der Waals surface area contributed by atoms with Gasteiger partial charge in [-0.15, -0.1) is 17.5 Å². The summed E-state index contributed by atoms with van der Waals surface area (Å²) >= 11 is 0. The summed E-state index contributed by atoms with van der Waals surface area (Å²) in [7, 11) is 1.92. The normalized spacial score (nSPS) is 10.6. The van der Waals surface area contributed by atoms with Crippen molar-refractivity contribution in [3.05, 3.63) is 35.7 Å². The molecular formula is C18H29ClN4O2. The van der Waals surface area contributed by atoms with Gasteiger partial charge in [0.25, 0.3) is 0 Å². The minimum absolute atomic E-state index is 0. The zero-order valence-electron chi connectivity index (χ0n) is 15.3. The van der Waals surface area contributed by atoms with Crippen LogP contribution in [0.4, 0.5) is 6.01 Å². The predicted molar refractivity (Wildman–Crippen MR) is 103 cm³/mol. The van der Waals surface area contributed by atoms with Crippen molar-refractivity contribution in [2.75, 3.05) is 31.6 Å². The first-order chi connectivity index (χ1) is 11.6. The van der Waals surface area contributed by atoms with Crippen LogP contribution in [-0.4, -0.2) is 36.9 Å². The van der Waals surface area contributed by atoms with Crippen LogP contribution in [0, 0.1) is 0 Å². The van der Waals surface area contributed by atoms with Crippen LogP contribution in [0.1, 0.15) is 44.1 Å². The van der Waals surface area contributed by atoms with E-state index in [1.54, 1.807) is 0 Å². The molecule has 0 radical (unpaired) electrons. The molecule has 0 spiro atoms. The Balaban J connectivity index is 0.00000312. The fraction of sp³-hybridized carbons (Fsp3) is 0.556. The summed E-state index contributed by atoms with van der Waals surface area (Å²) < 4.78 is 11.4. The molecule has 0 amide bonds. The lowest BCUT2D eigenvalue weighted by Gasteiger charge is -2.14. The van der Waals surface area contributed by atoms with E-state index in [9.17, 15) is 0 Å². The molecule has 2 aromatic rings. The summed E-state index contributed by atoms with van der Waals surface area (Å²) in [6.07, 6.45) is 2.71. The number of likely N-dealkylation sites (N-methyl/N-ethyl adjacent to an activating group) is 1. The van der Waals surface area contributed by atoms with Gasteiger partial charge in [-0.3, -0.25) is 0 Å². The fourth-order valence-corrected chi connectivity index (χ4v) is 2.27. The Morgan fingerprint density at radius 3 is 2.52 bits per heavy atom. The van der Waals surface area contributed by atoms with Gasteiger partial charge >= 0.3 is 6.01 Å². The lowest BCUT2D eigenvalue weighted by molar-refractivity contribution is 0.322. The number of anilines is 1. The first-order valence-corrected chi connectivity index (χ1v) is 8.56. The summed E-state index contributed by atoms with van der Waals surface area (Å²) in [5.41, 5.74) is 6.80. The monoisotopic (exact) mass is 368 g/mol. The fourth-order valence-electron chi connectivity index (χ4n) is 2.27. The Morgan fingerprint density at radius 1 is 1.16 bits per heavy atom. The van der Waals surface area contributed by atoms with Crippen LogP contribution >= 0.6 is 12.4 Å². The molecule has 1 heterocycles. The molecule has 7 heteroatoms. The zero-order valence-corrected chi connectivity index (χ0v) is 16.1.